The largest absolute Gasteiger partial charge is 0.380 e. The van der Waals surface area contributed by atoms with E-state index in [0.29, 0.717) is 0 Å². The Morgan fingerprint density at radius 1 is 1.06 bits per heavy atom. The van der Waals surface area contributed by atoms with Gasteiger partial charge in [-0.1, -0.05) is 24.3 Å². The maximum atomic E-state index is 11.9. The summed E-state index contributed by atoms with van der Waals surface area (Å²) >= 11 is 0. The maximum absolute atomic E-state index is 11.9. The van der Waals surface area contributed by atoms with E-state index in [9.17, 15) is 18.0 Å². The summed E-state index contributed by atoms with van der Waals surface area (Å²) in [7, 11) is -4.10. The number of rotatable bonds is 2. The normalized spacial score (nSPS) is 15.5. The smallest absolute Gasteiger partial charge is 0.206 e. The zero-order chi connectivity index (χ0) is 12.6. The molecule has 0 heterocycles. The van der Waals surface area contributed by atoms with Crippen molar-refractivity contribution in [1.82, 2.24) is 0 Å². The van der Waals surface area contributed by atoms with Crippen LogP contribution in [0.5, 0.6) is 0 Å². The molecule has 0 aromatic heterocycles. The molecule has 0 radical (unpaired) electrons. The van der Waals surface area contributed by atoms with Gasteiger partial charge in [0.25, 0.3) is 0 Å². The number of ketones is 2. The Labute approximate surface area is 97.3 Å². The summed E-state index contributed by atoms with van der Waals surface area (Å²) in [6, 6.07) is 5.96. The quantitative estimate of drug-likeness (QED) is 0.818. The number of carbonyl (C=O) groups excluding carboxylic acids is 2. The van der Waals surface area contributed by atoms with Gasteiger partial charge in [-0.2, -0.15) is 0 Å². The number of aliphatic hydroxyl groups excluding tert-OH is 1. The number of allylic oxidation sites excluding steroid dienone is 2. The molecule has 1 aromatic rings. The van der Waals surface area contributed by atoms with Crippen molar-refractivity contribution in [3.63, 3.8) is 0 Å². The maximum Gasteiger partial charge on any atom is 0.206 e. The van der Waals surface area contributed by atoms with Crippen LogP contribution in [0.2, 0.25) is 0 Å². The molecule has 0 spiro atoms. The highest BCUT2D eigenvalue weighted by atomic mass is 32.2. The van der Waals surface area contributed by atoms with Gasteiger partial charge in [-0.25, -0.2) is 8.42 Å². The van der Waals surface area contributed by atoms with Crippen LogP contribution in [0.3, 0.4) is 0 Å². The van der Waals surface area contributed by atoms with Crippen LogP contribution < -0.4 is 0 Å². The molecule has 0 amide bonds. The van der Waals surface area contributed by atoms with Crippen molar-refractivity contribution in [2.45, 2.75) is 0 Å². The van der Waals surface area contributed by atoms with E-state index < -0.39 is 32.2 Å². The number of aliphatic hydroxyl groups is 1. The second-order valence-corrected chi connectivity index (χ2v) is 5.42. The van der Waals surface area contributed by atoms with E-state index in [4.69, 9.17) is 5.11 Å². The molecule has 0 saturated carbocycles. The van der Waals surface area contributed by atoms with E-state index >= 15 is 0 Å². The topological polar surface area (TPSA) is 88.5 Å². The lowest BCUT2D eigenvalue weighted by Crippen LogP contribution is -2.23. The van der Waals surface area contributed by atoms with E-state index in [-0.39, 0.29) is 11.1 Å². The van der Waals surface area contributed by atoms with E-state index in [1.807, 2.05) is 0 Å². The van der Waals surface area contributed by atoms with Crippen LogP contribution in [0.25, 0.3) is 0 Å². The summed E-state index contributed by atoms with van der Waals surface area (Å²) in [6.07, 6.45) is 0.760. The molecule has 88 valence electrons. The Morgan fingerprint density at radius 3 is 2.24 bits per heavy atom. The minimum Gasteiger partial charge on any atom is -0.380 e. The van der Waals surface area contributed by atoms with Crippen molar-refractivity contribution in [1.29, 1.82) is 0 Å². The number of hydrogen-bond acceptors (Lipinski definition) is 5. The van der Waals surface area contributed by atoms with E-state index in [0.717, 1.165) is 6.08 Å². The number of fused-ring (bicyclic) bond motifs is 1. The van der Waals surface area contributed by atoms with Gasteiger partial charge in [0.15, 0.2) is 5.78 Å². The fourth-order valence-electron chi connectivity index (χ4n) is 1.59. The van der Waals surface area contributed by atoms with Crippen molar-refractivity contribution in [3.05, 3.63) is 46.4 Å². The average molecular weight is 252 g/mol. The standard InChI is InChI=1S/C11H8O5S/c12-6-17(15,16)10-5-9(13)7-3-1-2-4-8(7)11(10)14/h1-5,12H,6H2. The Hall–Kier alpha value is -1.79. The molecule has 0 fully saturated rings. The van der Waals surface area contributed by atoms with Crippen LogP contribution in [0, 0.1) is 0 Å². The molecular formula is C11H8O5S. The first-order chi connectivity index (χ1) is 7.97. The van der Waals surface area contributed by atoms with Crippen molar-refractivity contribution in [2.75, 3.05) is 5.94 Å². The average Bonchev–Trinajstić information content (AvgIpc) is 2.33. The van der Waals surface area contributed by atoms with E-state index in [2.05, 4.69) is 0 Å². The van der Waals surface area contributed by atoms with E-state index in [1.165, 1.54) is 12.1 Å². The number of sulfone groups is 1. The summed E-state index contributed by atoms with van der Waals surface area (Å²) in [4.78, 5) is 22.8. The number of hydrogen-bond donors (Lipinski definition) is 1. The minimum atomic E-state index is -4.10. The summed E-state index contributed by atoms with van der Waals surface area (Å²) in [5, 5.41) is 8.71. The third-order valence-corrected chi connectivity index (χ3v) is 3.74. The summed E-state index contributed by atoms with van der Waals surface area (Å²) in [6.45, 7) is 0. The molecule has 0 unspecified atom stereocenters. The highest BCUT2D eigenvalue weighted by Gasteiger charge is 2.32. The van der Waals surface area contributed by atoms with Gasteiger partial charge in [0, 0.05) is 17.2 Å². The van der Waals surface area contributed by atoms with Crippen LogP contribution in [-0.4, -0.2) is 31.0 Å². The number of carbonyl (C=O) groups is 2. The Morgan fingerprint density at radius 2 is 1.65 bits per heavy atom. The SMILES string of the molecule is O=C1C=C(S(=O)(=O)CO)C(=O)c2ccccc21. The lowest BCUT2D eigenvalue weighted by Gasteiger charge is -2.13. The zero-order valence-corrected chi connectivity index (χ0v) is 9.40. The van der Waals surface area contributed by atoms with Crippen LogP contribution in [0.4, 0.5) is 0 Å². The Kier molecular flexibility index (Phi) is 2.68. The summed E-state index contributed by atoms with van der Waals surface area (Å²) in [5.74, 6) is -2.50. The van der Waals surface area contributed by atoms with Gasteiger partial charge in [0.1, 0.15) is 10.8 Å². The molecular weight excluding hydrogens is 244 g/mol. The predicted molar refractivity (Wildman–Crippen MR) is 59.2 cm³/mol. The Balaban J connectivity index is 2.65. The first-order valence-corrected chi connectivity index (χ1v) is 6.36. The molecule has 17 heavy (non-hydrogen) atoms. The van der Waals surface area contributed by atoms with Gasteiger partial charge < -0.3 is 5.11 Å². The molecule has 0 aliphatic heterocycles. The predicted octanol–water partition coefficient (Wildman–Crippen LogP) is 0.314. The van der Waals surface area contributed by atoms with Gasteiger partial charge in [-0.15, -0.1) is 0 Å². The summed E-state index contributed by atoms with van der Waals surface area (Å²) in [5.41, 5.74) is 0.224. The third-order valence-electron chi connectivity index (χ3n) is 2.43. The molecule has 1 aliphatic carbocycles. The lowest BCUT2D eigenvalue weighted by molar-refractivity contribution is 0.0990. The monoisotopic (exact) mass is 252 g/mol. The highest BCUT2D eigenvalue weighted by molar-refractivity contribution is 7.96. The Bertz CT molecular complexity index is 640. The second-order valence-electron chi connectivity index (χ2n) is 3.49. The molecule has 0 atom stereocenters. The molecule has 5 nitrogen and oxygen atoms in total. The lowest BCUT2D eigenvalue weighted by atomic mass is 9.95. The second kappa shape index (κ2) is 3.90. The van der Waals surface area contributed by atoms with Crippen molar-refractivity contribution in [3.8, 4) is 0 Å². The van der Waals surface area contributed by atoms with Gasteiger partial charge in [0.05, 0.1) is 0 Å². The van der Waals surface area contributed by atoms with Gasteiger partial charge in [0.2, 0.25) is 15.6 Å². The molecule has 6 heteroatoms. The first-order valence-electron chi connectivity index (χ1n) is 4.71. The molecule has 0 saturated heterocycles. The van der Waals surface area contributed by atoms with Crippen molar-refractivity contribution >= 4 is 21.4 Å². The highest BCUT2D eigenvalue weighted by Crippen LogP contribution is 2.24. The fraction of sp³-hybridized carbons (Fsp3) is 0.0909. The zero-order valence-electron chi connectivity index (χ0n) is 8.58. The molecule has 0 bridgehead atoms. The van der Waals surface area contributed by atoms with Crippen LogP contribution in [0.1, 0.15) is 20.7 Å². The number of Topliss-reactive ketones (excluding diaryl/α,β-unsaturated/α-hetero) is 1. The molecule has 1 aromatic carbocycles. The minimum absolute atomic E-state index is 0.0482. The van der Waals surface area contributed by atoms with Crippen LogP contribution in [0.15, 0.2) is 35.2 Å². The first kappa shape index (κ1) is 11.7. The van der Waals surface area contributed by atoms with Gasteiger partial charge in [-0.05, 0) is 0 Å². The number of benzene rings is 1. The van der Waals surface area contributed by atoms with Gasteiger partial charge in [-0.3, -0.25) is 9.59 Å². The van der Waals surface area contributed by atoms with Crippen molar-refractivity contribution < 1.29 is 23.1 Å². The fourth-order valence-corrected chi connectivity index (χ4v) is 2.41. The van der Waals surface area contributed by atoms with Crippen molar-refractivity contribution in [2.24, 2.45) is 0 Å². The van der Waals surface area contributed by atoms with E-state index in [1.54, 1.807) is 12.1 Å². The summed E-state index contributed by atoms with van der Waals surface area (Å²) < 4.78 is 22.9. The van der Waals surface area contributed by atoms with Gasteiger partial charge >= 0.3 is 0 Å². The molecule has 1 aliphatic rings. The molecule has 2 rings (SSSR count). The van der Waals surface area contributed by atoms with Crippen LogP contribution in [-0.2, 0) is 9.84 Å². The molecule has 1 N–H and O–H groups in total. The van der Waals surface area contributed by atoms with Crippen LogP contribution >= 0.6 is 0 Å². The third kappa shape index (κ3) is 1.81.